The molecule has 1 unspecified atom stereocenters. The van der Waals surface area contributed by atoms with E-state index in [-0.39, 0.29) is 24.9 Å². The van der Waals surface area contributed by atoms with Gasteiger partial charge in [-0.1, -0.05) is 12.1 Å². The number of rotatable bonds is 7. The van der Waals surface area contributed by atoms with Gasteiger partial charge in [0.05, 0.1) is 6.10 Å². The van der Waals surface area contributed by atoms with E-state index in [2.05, 4.69) is 5.32 Å². The predicted molar refractivity (Wildman–Crippen MR) is 90.6 cm³/mol. The van der Waals surface area contributed by atoms with Crippen LogP contribution in [-0.2, 0) is 4.79 Å². The van der Waals surface area contributed by atoms with Gasteiger partial charge in [0.1, 0.15) is 11.6 Å². The highest BCUT2D eigenvalue weighted by molar-refractivity contribution is 5.77. The van der Waals surface area contributed by atoms with Gasteiger partial charge in [0, 0.05) is 26.3 Å². The summed E-state index contributed by atoms with van der Waals surface area (Å²) in [6.45, 7) is -0.106. The molecule has 0 aliphatic heterocycles. The maximum Gasteiger partial charge on any atom is 0.258 e. The highest BCUT2D eigenvalue weighted by atomic mass is 19.1. The highest BCUT2D eigenvalue weighted by Gasteiger charge is 2.10. The topological polar surface area (TPSA) is 61.8 Å². The number of benzene rings is 2. The molecule has 0 heterocycles. The third-order valence-electron chi connectivity index (χ3n) is 3.47. The van der Waals surface area contributed by atoms with E-state index in [0.717, 1.165) is 11.3 Å². The van der Waals surface area contributed by atoms with Crippen LogP contribution >= 0.6 is 0 Å². The average molecular weight is 332 g/mol. The zero-order valence-electron chi connectivity index (χ0n) is 13.7. The molecule has 2 N–H and O–H groups in total. The zero-order chi connectivity index (χ0) is 17.5. The lowest BCUT2D eigenvalue weighted by atomic mass is 10.1. The molecule has 0 aliphatic carbocycles. The highest BCUT2D eigenvalue weighted by Crippen LogP contribution is 2.17. The number of ether oxygens (including phenoxy) is 1. The summed E-state index contributed by atoms with van der Waals surface area (Å²) in [7, 11) is 3.87. The van der Waals surface area contributed by atoms with Gasteiger partial charge in [0.25, 0.3) is 5.91 Å². The number of hydrogen-bond donors (Lipinski definition) is 2. The van der Waals surface area contributed by atoms with E-state index in [1.165, 1.54) is 24.3 Å². The molecular weight excluding hydrogens is 311 g/mol. The second-order valence-corrected chi connectivity index (χ2v) is 5.55. The van der Waals surface area contributed by atoms with Crippen LogP contribution in [0.5, 0.6) is 5.75 Å². The van der Waals surface area contributed by atoms with Crippen molar-refractivity contribution in [1.82, 2.24) is 5.32 Å². The maximum absolute atomic E-state index is 12.8. The fourth-order valence-corrected chi connectivity index (χ4v) is 2.05. The molecule has 0 bridgehead atoms. The fraction of sp³-hybridized carbons (Fsp3) is 0.278. The number of anilines is 1. The van der Waals surface area contributed by atoms with Gasteiger partial charge in [-0.3, -0.25) is 4.79 Å². The first-order chi connectivity index (χ1) is 11.5. The van der Waals surface area contributed by atoms with Crippen molar-refractivity contribution in [3.63, 3.8) is 0 Å². The first kappa shape index (κ1) is 17.7. The summed E-state index contributed by atoms with van der Waals surface area (Å²) in [6.07, 6.45) is -0.795. The lowest BCUT2D eigenvalue weighted by Crippen LogP contribution is -2.32. The van der Waals surface area contributed by atoms with E-state index >= 15 is 0 Å². The molecule has 6 heteroatoms. The van der Waals surface area contributed by atoms with Crippen molar-refractivity contribution in [3.8, 4) is 5.75 Å². The monoisotopic (exact) mass is 332 g/mol. The van der Waals surface area contributed by atoms with Crippen LogP contribution in [0.1, 0.15) is 11.7 Å². The second-order valence-electron chi connectivity index (χ2n) is 5.55. The van der Waals surface area contributed by atoms with Gasteiger partial charge in [-0.25, -0.2) is 4.39 Å². The van der Waals surface area contributed by atoms with Crippen LogP contribution in [0.4, 0.5) is 10.1 Å². The minimum atomic E-state index is -0.795. The Morgan fingerprint density at radius 1 is 1.17 bits per heavy atom. The second kappa shape index (κ2) is 8.31. The Morgan fingerprint density at radius 2 is 1.79 bits per heavy atom. The van der Waals surface area contributed by atoms with Gasteiger partial charge in [-0.2, -0.15) is 0 Å². The van der Waals surface area contributed by atoms with E-state index in [4.69, 9.17) is 4.74 Å². The number of hydrogen-bond acceptors (Lipinski definition) is 4. The van der Waals surface area contributed by atoms with Crippen molar-refractivity contribution < 1.29 is 19.0 Å². The average Bonchev–Trinajstić information content (AvgIpc) is 2.59. The van der Waals surface area contributed by atoms with Gasteiger partial charge in [-0.15, -0.1) is 0 Å². The van der Waals surface area contributed by atoms with Crippen molar-refractivity contribution in [2.45, 2.75) is 6.10 Å². The summed E-state index contributed by atoms with van der Waals surface area (Å²) in [6, 6.07) is 12.9. The standard InChI is InChI=1S/C18H21FN2O3/c1-21(2)15-7-3-13(4-8-15)17(22)11-20-18(23)12-24-16-9-5-14(19)6-10-16/h3-10,17,22H,11-12H2,1-2H3,(H,20,23). The van der Waals surface area contributed by atoms with Gasteiger partial charge in [0.2, 0.25) is 0 Å². The first-order valence-corrected chi connectivity index (χ1v) is 7.56. The molecule has 24 heavy (non-hydrogen) atoms. The van der Waals surface area contributed by atoms with Crippen LogP contribution in [0.2, 0.25) is 0 Å². The van der Waals surface area contributed by atoms with Gasteiger partial charge in [0.15, 0.2) is 6.61 Å². The molecule has 0 spiro atoms. The lowest BCUT2D eigenvalue weighted by molar-refractivity contribution is -0.123. The predicted octanol–water partition coefficient (Wildman–Crippen LogP) is 2.12. The summed E-state index contributed by atoms with van der Waals surface area (Å²) in [5, 5.41) is 12.7. The van der Waals surface area contributed by atoms with Crippen LogP contribution in [0.3, 0.4) is 0 Å². The minimum Gasteiger partial charge on any atom is -0.484 e. The fourth-order valence-electron chi connectivity index (χ4n) is 2.05. The molecular formula is C18H21FN2O3. The molecule has 2 aromatic carbocycles. The Kier molecular flexibility index (Phi) is 6.14. The SMILES string of the molecule is CN(C)c1ccc(C(O)CNC(=O)COc2ccc(F)cc2)cc1. The van der Waals surface area contributed by atoms with Crippen molar-refractivity contribution in [2.24, 2.45) is 0 Å². The molecule has 128 valence electrons. The van der Waals surface area contributed by atoms with E-state index in [1.807, 2.05) is 43.3 Å². The number of nitrogens with one attached hydrogen (secondary N) is 1. The number of nitrogens with zero attached hydrogens (tertiary/aromatic N) is 1. The van der Waals surface area contributed by atoms with E-state index in [9.17, 15) is 14.3 Å². The summed E-state index contributed by atoms with van der Waals surface area (Å²) < 4.78 is 18.0. The van der Waals surface area contributed by atoms with Crippen LogP contribution < -0.4 is 15.0 Å². The van der Waals surface area contributed by atoms with Gasteiger partial charge >= 0.3 is 0 Å². The molecule has 1 atom stereocenters. The Hall–Kier alpha value is -2.60. The number of aliphatic hydroxyl groups is 1. The molecule has 0 fully saturated rings. The summed E-state index contributed by atoms with van der Waals surface area (Å²) >= 11 is 0. The van der Waals surface area contributed by atoms with E-state index in [0.29, 0.717) is 5.75 Å². The van der Waals surface area contributed by atoms with Crippen LogP contribution in [0.25, 0.3) is 0 Å². The normalized spacial score (nSPS) is 11.7. The molecule has 0 saturated carbocycles. The minimum absolute atomic E-state index is 0.0902. The van der Waals surface area contributed by atoms with Crippen LogP contribution in [0.15, 0.2) is 48.5 Å². The zero-order valence-corrected chi connectivity index (χ0v) is 13.7. The molecule has 1 amide bonds. The van der Waals surface area contributed by atoms with Crippen molar-refractivity contribution in [2.75, 3.05) is 32.1 Å². The largest absolute Gasteiger partial charge is 0.484 e. The third kappa shape index (κ3) is 5.24. The quantitative estimate of drug-likeness (QED) is 0.815. The summed E-state index contributed by atoms with van der Waals surface area (Å²) in [5.74, 6) is -0.315. The molecule has 2 aromatic rings. The lowest BCUT2D eigenvalue weighted by Gasteiger charge is -2.16. The third-order valence-corrected chi connectivity index (χ3v) is 3.47. The number of carbonyl (C=O) groups is 1. The van der Waals surface area contributed by atoms with Crippen LogP contribution in [-0.4, -0.2) is 38.3 Å². The Labute approximate surface area is 140 Å². The number of amides is 1. The van der Waals surface area contributed by atoms with Gasteiger partial charge in [-0.05, 0) is 42.0 Å². The molecule has 0 radical (unpaired) electrons. The van der Waals surface area contributed by atoms with Crippen LogP contribution in [0, 0.1) is 5.82 Å². The summed E-state index contributed by atoms with van der Waals surface area (Å²) in [4.78, 5) is 13.7. The Morgan fingerprint density at radius 3 is 2.38 bits per heavy atom. The molecule has 0 aromatic heterocycles. The Balaban J connectivity index is 1.77. The summed E-state index contributed by atoms with van der Waals surface area (Å²) in [5.41, 5.74) is 1.75. The molecule has 0 saturated heterocycles. The Bertz CT molecular complexity index is 657. The first-order valence-electron chi connectivity index (χ1n) is 7.56. The van der Waals surface area contributed by atoms with Crippen molar-refractivity contribution in [1.29, 1.82) is 0 Å². The van der Waals surface area contributed by atoms with Crippen molar-refractivity contribution >= 4 is 11.6 Å². The van der Waals surface area contributed by atoms with E-state index < -0.39 is 6.10 Å². The number of halogens is 1. The van der Waals surface area contributed by atoms with Crippen molar-refractivity contribution in [3.05, 3.63) is 59.9 Å². The molecule has 0 aliphatic rings. The number of carbonyl (C=O) groups excluding carboxylic acids is 1. The molecule has 5 nitrogen and oxygen atoms in total. The van der Waals surface area contributed by atoms with E-state index in [1.54, 1.807) is 0 Å². The number of aliphatic hydroxyl groups excluding tert-OH is 1. The maximum atomic E-state index is 12.8. The smallest absolute Gasteiger partial charge is 0.258 e. The molecule has 2 rings (SSSR count). The van der Waals surface area contributed by atoms with Gasteiger partial charge < -0.3 is 20.1 Å².